The number of amides is 3. The summed E-state index contributed by atoms with van der Waals surface area (Å²) in [6.45, 7) is 1.91. The van der Waals surface area contributed by atoms with Gasteiger partial charge in [0.1, 0.15) is 0 Å². The Morgan fingerprint density at radius 3 is 2.45 bits per heavy atom. The third kappa shape index (κ3) is 5.93. The topological polar surface area (TPSA) is 84.2 Å². The molecule has 0 fully saturated rings. The molecule has 110 valence electrons. The van der Waals surface area contributed by atoms with E-state index in [1.807, 2.05) is 19.1 Å². The van der Waals surface area contributed by atoms with Gasteiger partial charge in [0.05, 0.1) is 6.04 Å². The summed E-state index contributed by atoms with van der Waals surface area (Å²) in [5.74, 6) is 0.596. The maximum Gasteiger partial charge on any atom is 0.316 e. The van der Waals surface area contributed by atoms with Gasteiger partial charge >= 0.3 is 6.03 Å². The molecule has 0 saturated heterocycles. The quantitative estimate of drug-likeness (QED) is 0.534. The molecule has 3 amide bonds. The van der Waals surface area contributed by atoms with Gasteiger partial charge in [0, 0.05) is 18.0 Å². The molecule has 1 aromatic carbocycles. The zero-order chi connectivity index (χ0) is 15.0. The number of benzene rings is 1. The number of rotatable bonds is 7. The van der Waals surface area contributed by atoms with Crippen LogP contribution in [0.15, 0.2) is 24.3 Å². The van der Waals surface area contributed by atoms with E-state index < -0.39 is 6.03 Å². The largest absolute Gasteiger partial charge is 0.351 e. The van der Waals surface area contributed by atoms with Gasteiger partial charge in [-0.05, 0) is 37.5 Å². The first-order valence-corrected chi connectivity index (χ1v) is 7.08. The van der Waals surface area contributed by atoms with Crippen molar-refractivity contribution in [2.24, 2.45) is 5.73 Å². The fourth-order valence-corrected chi connectivity index (χ4v) is 1.96. The van der Waals surface area contributed by atoms with E-state index in [2.05, 4.69) is 10.6 Å². The van der Waals surface area contributed by atoms with Gasteiger partial charge in [0.25, 0.3) is 0 Å². The van der Waals surface area contributed by atoms with E-state index in [9.17, 15) is 9.59 Å². The molecule has 0 aliphatic heterocycles. The maximum atomic E-state index is 11.7. The Hall–Kier alpha value is -1.75. The molecule has 0 bridgehead atoms. The summed E-state index contributed by atoms with van der Waals surface area (Å²) in [6.07, 6.45) is 2.12. The molecule has 1 atom stereocenters. The van der Waals surface area contributed by atoms with Crippen LogP contribution in [0.1, 0.15) is 37.8 Å². The number of alkyl halides is 1. The number of nitrogens with two attached hydrogens (primary N) is 1. The van der Waals surface area contributed by atoms with E-state index in [1.165, 1.54) is 0 Å². The van der Waals surface area contributed by atoms with Gasteiger partial charge in [-0.3, -0.25) is 4.79 Å². The number of unbranched alkanes of at least 4 members (excludes halogenated alkanes) is 1. The zero-order valence-electron chi connectivity index (χ0n) is 11.5. The maximum absolute atomic E-state index is 11.7. The van der Waals surface area contributed by atoms with Crippen LogP contribution < -0.4 is 16.4 Å². The van der Waals surface area contributed by atoms with Crippen molar-refractivity contribution >= 4 is 29.2 Å². The summed E-state index contributed by atoms with van der Waals surface area (Å²) in [7, 11) is 0. The predicted octanol–water partition coefficient (Wildman–Crippen LogP) is 2.76. The number of urea groups is 1. The minimum absolute atomic E-state index is 0.0157. The van der Waals surface area contributed by atoms with Crippen LogP contribution in [0.5, 0.6) is 0 Å². The number of hydrogen-bond acceptors (Lipinski definition) is 2. The highest BCUT2D eigenvalue weighted by atomic mass is 35.5. The van der Waals surface area contributed by atoms with Gasteiger partial charge in [-0.2, -0.15) is 0 Å². The first-order chi connectivity index (χ1) is 9.52. The van der Waals surface area contributed by atoms with Crippen molar-refractivity contribution < 1.29 is 9.59 Å². The van der Waals surface area contributed by atoms with Crippen molar-refractivity contribution in [1.29, 1.82) is 0 Å². The number of carbonyl (C=O) groups excluding carboxylic acids is 2. The number of primary amides is 1. The van der Waals surface area contributed by atoms with Gasteiger partial charge in [-0.15, -0.1) is 11.6 Å². The average Bonchev–Trinajstić information content (AvgIpc) is 2.39. The molecule has 1 aromatic rings. The Bertz CT molecular complexity index is 448. The smallest absolute Gasteiger partial charge is 0.316 e. The molecule has 1 rings (SSSR count). The lowest BCUT2D eigenvalue weighted by Crippen LogP contribution is -2.26. The average molecular weight is 298 g/mol. The van der Waals surface area contributed by atoms with Crippen molar-refractivity contribution in [3.8, 4) is 0 Å². The SMILES string of the molecule is CC(NC(=O)CCCCCl)c1ccc(NC(N)=O)cc1. The number of nitrogens with one attached hydrogen (secondary N) is 2. The molecular formula is C14H20ClN3O2. The van der Waals surface area contributed by atoms with Gasteiger partial charge in [-0.25, -0.2) is 4.79 Å². The molecule has 4 N–H and O–H groups in total. The lowest BCUT2D eigenvalue weighted by molar-refractivity contribution is -0.121. The Morgan fingerprint density at radius 2 is 1.90 bits per heavy atom. The summed E-state index contributed by atoms with van der Waals surface area (Å²) in [5.41, 5.74) is 6.62. The fraction of sp³-hybridized carbons (Fsp3) is 0.429. The summed E-state index contributed by atoms with van der Waals surface area (Å²) in [6, 6.07) is 6.50. The molecule has 5 nitrogen and oxygen atoms in total. The molecule has 0 radical (unpaired) electrons. The molecular weight excluding hydrogens is 278 g/mol. The van der Waals surface area contributed by atoms with Crippen LogP contribution in [0, 0.1) is 0 Å². The minimum atomic E-state index is -0.599. The van der Waals surface area contributed by atoms with E-state index in [0.29, 0.717) is 18.0 Å². The second-order valence-corrected chi connectivity index (χ2v) is 4.92. The summed E-state index contributed by atoms with van der Waals surface area (Å²) in [5, 5.41) is 5.41. The molecule has 0 spiro atoms. The third-order valence-electron chi connectivity index (χ3n) is 2.84. The van der Waals surface area contributed by atoms with Crippen molar-refractivity contribution in [2.75, 3.05) is 11.2 Å². The van der Waals surface area contributed by atoms with Crippen molar-refractivity contribution in [3.63, 3.8) is 0 Å². The Morgan fingerprint density at radius 1 is 1.25 bits per heavy atom. The van der Waals surface area contributed by atoms with Crippen LogP contribution in [0.3, 0.4) is 0 Å². The summed E-state index contributed by atoms with van der Waals surface area (Å²) in [4.78, 5) is 22.4. The van der Waals surface area contributed by atoms with Crippen molar-refractivity contribution in [3.05, 3.63) is 29.8 Å². The lowest BCUT2D eigenvalue weighted by atomic mass is 10.1. The van der Waals surface area contributed by atoms with Crippen molar-refractivity contribution in [1.82, 2.24) is 5.32 Å². The highest BCUT2D eigenvalue weighted by Crippen LogP contribution is 2.16. The van der Waals surface area contributed by atoms with Crippen LogP contribution in [0.4, 0.5) is 10.5 Å². The van der Waals surface area contributed by atoms with Crippen LogP contribution in [0.2, 0.25) is 0 Å². The van der Waals surface area contributed by atoms with Crippen molar-refractivity contribution in [2.45, 2.75) is 32.2 Å². The molecule has 20 heavy (non-hydrogen) atoms. The van der Waals surface area contributed by atoms with E-state index in [0.717, 1.165) is 18.4 Å². The fourth-order valence-electron chi connectivity index (χ4n) is 1.77. The standard InChI is InChI=1S/C14H20ClN3O2/c1-10(17-13(19)4-2-3-9-15)11-5-7-12(8-6-11)18-14(16)20/h5-8,10H,2-4,9H2,1H3,(H,17,19)(H3,16,18,20). The molecule has 0 aliphatic carbocycles. The van der Waals surface area contributed by atoms with Crippen LogP contribution in [-0.4, -0.2) is 17.8 Å². The zero-order valence-corrected chi connectivity index (χ0v) is 12.2. The van der Waals surface area contributed by atoms with Gasteiger partial charge in [-0.1, -0.05) is 12.1 Å². The normalized spacial score (nSPS) is 11.7. The Labute approximate surface area is 123 Å². The number of carbonyl (C=O) groups is 2. The second kappa shape index (κ2) is 8.43. The molecule has 1 unspecified atom stereocenters. The van der Waals surface area contributed by atoms with Gasteiger partial charge in [0.15, 0.2) is 0 Å². The van der Waals surface area contributed by atoms with Gasteiger partial charge in [0.2, 0.25) is 5.91 Å². The summed E-state index contributed by atoms with van der Waals surface area (Å²) >= 11 is 5.57. The second-order valence-electron chi connectivity index (χ2n) is 4.55. The van der Waals surface area contributed by atoms with E-state index in [1.54, 1.807) is 12.1 Å². The molecule has 0 aromatic heterocycles. The van der Waals surface area contributed by atoms with Crippen LogP contribution >= 0.6 is 11.6 Å². The Kier molecular flexibility index (Phi) is 6.87. The molecule has 0 heterocycles. The van der Waals surface area contributed by atoms with E-state index in [4.69, 9.17) is 17.3 Å². The first-order valence-electron chi connectivity index (χ1n) is 6.54. The summed E-state index contributed by atoms with van der Waals surface area (Å²) < 4.78 is 0. The minimum Gasteiger partial charge on any atom is -0.351 e. The first kappa shape index (κ1) is 16.3. The highest BCUT2D eigenvalue weighted by molar-refractivity contribution is 6.17. The van der Waals surface area contributed by atoms with Gasteiger partial charge < -0.3 is 16.4 Å². The monoisotopic (exact) mass is 297 g/mol. The third-order valence-corrected chi connectivity index (χ3v) is 3.11. The Balaban J connectivity index is 2.48. The molecule has 0 saturated carbocycles. The number of halogens is 1. The molecule has 6 heteroatoms. The predicted molar refractivity (Wildman–Crippen MR) is 80.8 cm³/mol. The number of hydrogen-bond donors (Lipinski definition) is 3. The lowest BCUT2D eigenvalue weighted by Gasteiger charge is -2.15. The molecule has 0 aliphatic rings. The van der Waals surface area contributed by atoms with Crippen LogP contribution in [-0.2, 0) is 4.79 Å². The van der Waals surface area contributed by atoms with Crippen LogP contribution in [0.25, 0.3) is 0 Å². The number of anilines is 1. The highest BCUT2D eigenvalue weighted by Gasteiger charge is 2.09. The van der Waals surface area contributed by atoms with E-state index in [-0.39, 0.29) is 11.9 Å². The van der Waals surface area contributed by atoms with E-state index >= 15 is 0 Å².